The first kappa shape index (κ1) is 17.7. The van der Waals surface area contributed by atoms with E-state index in [0.717, 1.165) is 13.0 Å². The molecule has 0 saturated carbocycles. The Labute approximate surface area is 150 Å². The predicted octanol–water partition coefficient (Wildman–Crippen LogP) is 4.16. The molecule has 1 heterocycles. The van der Waals surface area contributed by atoms with E-state index < -0.39 is 0 Å². The van der Waals surface area contributed by atoms with E-state index in [9.17, 15) is 5.11 Å². The topological polar surface area (TPSA) is 32.7 Å². The van der Waals surface area contributed by atoms with E-state index in [1.54, 1.807) is 0 Å². The number of aliphatic hydroxyl groups is 1. The minimum Gasteiger partial charge on any atom is -0.396 e. The lowest BCUT2D eigenvalue weighted by atomic mass is 9.87. The molecule has 0 amide bonds. The van der Waals surface area contributed by atoms with Gasteiger partial charge in [0.2, 0.25) is 0 Å². The molecule has 0 unspecified atom stereocenters. The van der Waals surface area contributed by atoms with Crippen LogP contribution in [0.1, 0.15) is 30.5 Å². The van der Waals surface area contributed by atoms with Crippen molar-refractivity contribution in [2.24, 2.45) is 5.41 Å². The Bertz CT molecular complexity index is 671. The van der Waals surface area contributed by atoms with E-state index in [1.807, 2.05) is 24.3 Å². The van der Waals surface area contributed by atoms with Crippen LogP contribution in [0.25, 0.3) is 0 Å². The van der Waals surface area contributed by atoms with Crippen LogP contribution in [0.3, 0.4) is 0 Å². The summed E-state index contributed by atoms with van der Waals surface area (Å²) >= 11 is 0. The van der Waals surface area contributed by atoms with Crippen molar-refractivity contribution >= 4 is 0 Å². The van der Waals surface area contributed by atoms with Gasteiger partial charge in [0, 0.05) is 18.6 Å². The molecule has 0 spiro atoms. The van der Waals surface area contributed by atoms with Crippen molar-refractivity contribution in [3.63, 3.8) is 0 Å². The number of hydrogen-bond acceptors (Lipinski definition) is 3. The van der Waals surface area contributed by atoms with Crippen LogP contribution < -0.4 is 0 Å². The number of aliphatic hydroxyl groups excluding tert-OH is 1. The highest BCUT2D eigenvalue weighted by Crippen LogP contribution is 2.36. The summed E-state index contributed by atoms with van der Waals surface area (Å²) < 4.78 is 6.00. The van der Waals surface area contributed by atoms with Gasteiger partial charge >= 0.3 is 0 Å². The maximum Gasteiger partial charge on any atom is 0.0717 e. The van der Waals surface area contributed by atoms with Gasteiger partial charge in [0.05, 0.1) is 19.3 Å². The molecular weight excluding hydrogens is 310 g/mol. The Kier molecular flexibility index (Phi) is 5.90. The lowest BCUT2D eigenvalue weighted by Crippen LogP contribution is -2.34. The van der Waals surface area contributed by atoms with Gasteiger partial charge in [-0.1, -0.05) is 66.7 Å². The smallest absolute Gasteiger partial charge is 0.0717 e. The van der Waals surface area contributed by atoms with E-state index in [4.69, 9.17) is 4.74 Å². The van der Waals surface area contributed by atoms with E-state index in [1.165, 1.54) is 11.1 Å². The maximum absolute atomic E-state index is 9.54. The molecule has 0 radical (unpaired) electrons. The third kappa shape index (κ3) is 4.50. The normalized spacial score (nSPS) is 20.8. The number of hydrogen-bond donors (Lipinski definition) is 1. The molecule has 1 aliphatic heterocycles. The molecule has 2 aromatic carbocycles. The fourth-order valence-corrected chi connectivity index (χ4v) is 3.41. The predicted molar refractivity (Wildman–Crippen MR) is 101 cm³/mol. The first-order valence-electron chi connectivity index (χ1n) is 8.95. The Hall–Kier alpha value is -2.10. The fraction of sp³-hybridized carbons (Fsp3) is 0.364. The molecule has 2 aromatic rings. The Morgan fingerprint density at radius 3 is 2.44 bits per heavy atom. The Morgan fingerprint density at radius 1 is 1.08 bits per heavy atom. The van der Waals surface area contributed by atoms with E-state index in [-0.39, 0.29) is 12.0 Å². The molecule has 0 saturated heterocycles. The second-order valence-corrected chi connectivity index (χ2v) is 6.89. The summed E-state index contributed by atoms with van der Waals surface area (Å²) in [6, 6.07) is 21.1. The highest BCUT2D eigenvalue weighted by Gasteiger charge is 2.35. The molecular formula is C22H27NO2. The zero-order valence-electron chi connectivity index (χ0n) is 14.8. The molecule has 2 atom stereocenters. The van der Waals surface area contributed by atoms with Crippen molar-refractivity contribution in [1.29, 1.82) is 0 Å². The van der Waals surface area contributed by atoms with Gasteiger partial charge in [-0.05, 0) is 30.7 Å². The highest BCUT2D eigenvalue weighted by molar-refractivity contribution is 5.21. The fourth-order valence-electron chi connectivity index (χ4n) is 3.41. The molecule has 0 aromatic heterocycles. The Morgan fingerprint density at radius 2 is 1.76 bits per heavy atom. The van der Waals surface area contributed by atoms with Gasteiger partial charge in [-0.15, -0.1) is 0 Å². The highest BCUT2D eigenvalue weighted by atomic mass is 16.5. The van der Waals surface area contributed by atoms with Crippen LogP contribution in [0.15, 0.2) is 72.9 Å². The summed E-state index contributed by atoms with van der Waals surface area (Å²) in [7, 11) is 0. The van der Waals surface area contributed by atoms with Gasteiger partial charge in [-0.2, -0.15) is 0 Å². The number of nitrogens with zero attached hydrogens (tertiary/aromatic N) is 1. The average molecular weight is 337 g/mol. The van der Waals surface area contributed by atoms with Crippen LogP contribution in [0.5, 0.6) is 0 Å². The van der Waals surface area contributed by atoms with Crippen LogP contribution >= 0.6 is 0 Å². The van der Waals surface area contributed by atoms with E-state index in [2.05, 4.69) is 60.5 Å². The van der Waals surface area contributed by atoms with Gasteiger partial charge < -0.3 is 14.7 Å². The van der Waals surface area contributed by atoms with Crippen LogP contribution in [0.2, 0.25) is 0 Å². The molecule has 25 heavy (non-hydrogen) atoms. The number of ether oxygens (including phenoxy) is 1. The first-order chi connectivity index (χ1) is 12.2. The molecule has 3 nitrogen and oxygen atoms in total. The van der Waals surface area contributed by atoms with Gasteiger partial charge in [0.25, 0.3) is 0 Å². The zero-order chi connectivity index (χ0) is 17.5. The zero-order valence-corrected chi connectivity index (χ0v) is 14.8. The molecule has 1 N–H and O–H groups in total. The van der Waals surface area contributed by atoms with E-state index >= 15 is 0 Å². The average Bonchev–Trinajstić information content (AvgIpc) is 3.07. The molecule has 0 bridgehead atoms. The van der Waals surface area contributed by atoms with Crippen molar-refractivity contribution in [3.05, 3.63) is 84.1 Å². The minimum absolute atomic E-state index is 0.118. The van der Waals surface area contributed by atoms with Crippen LogP contribution in [-0.2, 0) is 11.3 Å². The molecule has 0 fully saturated rings. The van der Waals surface area contributed by atoms with Crippen LogP contribution in [0.4, 0.5) is 0 Å². The minimum atomic E-state index is -0.118. The molecule has 3 heteroatoms. The van der Waals surface area contributed by atoms with Crippen molar-refractivity contribution in [3.8, 4) is 0 Å². The summed E-state index contributed by atoms with van der Waals surface area (Å²) in [5, 5.41) is 9.54. The quantitative estimate of drug-likeness (QED) is 0.785. The summed E-state index contributed by atoms with van der Waals surface area (Å²) in [5.74, 6) is 0. The second kappa shape index (κ2) is 8.32. The van der Waals surface area contributed by atoms with Crippen molar-refractivity contribution in [1.82, 2.24) is 4.90 Å². The lowest BCUT2D eigenvalue weighted by Gasteiger charge is -2.32. The maximum atomic E-state index is 9.54. The summed E-state index contributed by atoms with van der Waals surface area (Å²) in [6.45, 7) is 4.50. The molecule has 0 aliphatic carbocycles. The molecule has 132 valence electrons. The van der Waals surface area contributed by atoms with Gasteiger partial charge in [-0.3, -0.25) is 0 Å². The first-order valence-corrected chi connectivity index (χ1v) is 8.95. The lowest BCUT2D eigenvalue weighted by molar-refractivity contribution is 0.0356. The largest absolute Gasteiger partial charge is 0.396 e. The standard InChI is InChI=1S/C22H27NO2/c1-19(21-10-6-3-7-11-21)23-14-12-22(17-23,13-15-24)18-25-16-20-8-4-2-5-9-20/h2-12,14,19,24H,13,15-18H2,1H3/t19-,22+/m1/s1. The SMILES string of the molecule is C[C@H](c1ccccc1)N1C=C[C@@](CCO)(COCc2ccccc2)C1. The van der Waals surface area contributed by atoms with Crippen molar-refractivity contribution in [2.45, 2.75) is 26.0 Å². The Balaban J connectivity index is 1.61. The third-order valence-corrected chi connectivity index (χ3v) is 5.01. The number of rotatable bonds is 8. The van der Waals surface area contributed by atoms with Crippen LogP contribution in [-0.4, -0.2) is 29.8 Å². The van der Waals surface area contributed by atoms with Gasteiger partial charge in [-0.25, -0.2) is 0 Å². The monoisotopic (exact) mass is 337 g/mol. The van der Waals surface area contributed by atoms with Crippen molar-refractivity contribution < 1.29 is 9.84 Å². The molecule has 3 rings (SSSR count). The van der Waals surface area contributed by atoms with Crippen LogP contribution in [0, 0.1) is 5.41 Å². The van der Waals surface area contributed by atoms with Gasteiger partial charge in [0.1, 0.15) is 0 Å². The third-order valence-electron chi connectivity index (χ3n) is 5.01. The summed E-state index contributed by atoms with van der Waals surface area (Å²) in [5.41, 5.74) is 2.36. The molecule has 1 aliphatic rings. The second-order valence-electron chi connectivity index (χ2n) is 6.89. The van der Waals surface area contributed by atoms with Gasteiger partial charge in [0.15, 0.2) is 0 Å². The number of benzene rings is 2. The van der Waals surface area contributed by atoms with E-state index in [0.29, 0.717) is 19.3 Å². The summed E-state index contributed by atoms with van der Waals surface area (Å²) in [4.78, 5) is 2.34. The summed E-state index contributed by atoms with van der Waals surface area (Å²) in [6.07, 6.45) is 5.10. The van der Waals surface area contributed by atoms with Crippen molar-refractivity contribution in [2.75, 3.05) is 19.8 Å².